The molecule has 0 saturated heterocycles. The summed E-state index contributed by atoms with van der Waals surface area (Å²) in [6.45, 7) is 27.8. The minimum atomic E-state index is -3.19. The molecule has 5 aromatic carbocycles. The number of halogens is 1. The van der Waals surface area contributed by atoms with Crippen LogP contribution in [0.1, 0.15) is 124 Å². The van der Waals surface area contributed by atoms with Crippen LogP contribution in [0.15, 0.2) is 91.0 Å². The highest BCUT2D eigenvalue weighted by atomic mass is 28.4. The molecule has 8 nitrogen and oxygen atoms in total. The molecule has 2 aliphatic rings. The van der Waals surface area contributed by atoms with Crippen LogP contribution in [0.4, 0.5) is 4.39 Å². The van der Waals surface area contributed by atoms with Gasteiger partial charge in [0.1, 0.15) is 23.9 Å². The van der Waals surface area contributed by atoms with Crippen molar-refractivity contribution in [2.24, 2.45) is 0 Å². The summed E-state index contributed by atoms with van der Waals surface area (Å²) in [5.41, 5.74) is 4.10. The van der Waals surface area contributed by atoms with Gasteiger partial charge >= 0.3 is 8.80 Å². The van der Waals surface area contributed by atoms with Crippen molar-refractivity contribution >= 4 is 25.7 Å². The Kier molecular flexibility index (Phi) is 13.0. The Morgan fingerprint density at radius 3 is 1.75 bits per heavy atom. The van der Waals surface area contributed by atoms with Crippen molar-refractivity contribution in [2.75, 3.05) is 27.4 Å². The van der Waals surface area contributed by atoms with Gasteiger partial charge in [0.25, 0.3) is 0 Å². The van der Waals surface area contributed by atoms with Crippen molar-refractivity contribution in [3.05, 3.63) is 125 Å². The van der Waals surface area contributed by atoms with Crippen molar-refractivity contribution in [3.8, 4) is 34.1 Å². The van der Waals surface area contributed by atoms with E-state index in [1.807, 2.05) is 92.6 Å². The highest BCUT2D eigenvalue weighted by Gasteiger charge is 2.51. The maximum atomic E-state index is 14.6. The first-order valence-corrected chi connectivity index (χ1v) is 24.7. The second-order valence-corrected chi connectivity index (χ2v) is 23.9. The van der Waals surface area contributed by atoms with Gasteiger partial charge in [-0.15, -0.1) is 0 Å². The molecule has 10 heteroatoms. The fourth-order valence-corrected chi connectivity index (χ4v) is 13.5. The van der Waals surface area contributed by atoms with E-state index in [4.69, 9.17) is 37.0 Å². The molecule has 1 aliphatic heterocycles. The Balaban J connectivity index is 1.16. The van der Waals surface area contributed by atoms with Gasteiger partial charge < -0.3 is 37.0 Å². The zero-order valence-electron chi connectivity index (χ0n) is 41.2. The first-order chi connectivity index (χ1) is 30.3. The van der Waals surface area contributed by atoms with E-state index < -0.39 is 36.8 Å². The van der Waals surface area contributed by atoms with E-state index >= 15 is 0 Å². The summed E-state index contributed by atoms with van der Waals surface area (Å²) in [4.78, 5) is 0. The summed E-state index contributed by atoms with van der Waals surface area (Å²) in [5.74, 6) is 2.31. The quantitative estimate of drug-likeness (QED) is 0.0760. The average molecular weight is 905 g/mol. The van der Waals surface area contributed by atoms with E-state index in [9.17, 15) is 4.39 Å². The largest absolute Gasteiger partial charge is 0.502 e. The smallest absolute Gasteiger partial charge is 0.493 e. The number of methoxy groups -OCH3 is 2. The normalized spacial score (nSPS) is 17.0. The molecule has 1 unspecified atom stereocenters. The molecular weight excluding hydrogens is 836 g/mol. The predicted octanol–water partition coefficient (Wildman–Crippen LogP) is 13.6. The lowest BCUT2D eigenvalue weighted by atomic mass is 9.76. The Bertz CT molecular complexity index is 2500. The number of hydrogen-bond acceptors (Lipinski definition) is 8. The minimum absolute atomic E-state index is 0.325. The van der Waals surface area contributed by atoms with Crippen molar-refractivity contribution in [3.63, 3.8) is 0 Å². The lowest BCUT2D eigenvalue weighted by Gasteiger charge is -2.44. The molecule has 0 spiro atoms. The lowest BCUT2D eigenvalue weighted by Crippen LogP contribution is -2.57. The second-order valence-electron chi connectivity index (χ2n) is 21.4. The summed E-state index contributed by atoms with van der Waals surface area (Å²) in [6, 6.07) is 27.7. The number of rotatable bonds is 15. The summed E-state index contributed by atoms with van der Waals surface area (Å²) >= 11 is 0. The van der Waals surface area contributed by atoms with Gasteiger partial charge in [0.15, 0.2) is 17.1 Å². The number of ether oxygens (including phenoxy) is 5. The molecule has 0 radical (unpaired) electrons. The fraction of sp³-hybridized carbons (Fsp3) is 0.455. The van der Waals surface area contributed by atoms with Gasteiger partial charge in [0, 0.05) is 33.5 Å². The maximum absolute atomic E-state index is 14.6. The topological polar surface area (TPSA) is 73.8 Å². The van der Waals surface area contributed by atoms with Crippen LogP contribution in [0.5, 0.6) is 23.0 Å². The van der Waals surface area contributed by atoms with Gasteiger partial charge in [0.05, 0.1) is 43.2 Å². The zero-order valence-corrected chi connectivity index (χ0v) is 42.2. The highest BCUT2D eigenvalue weighted by Crippen LogP contribution is 2.59. The molecule has 0 amide bonds. The lowest BCUT2D eigenvalue weighted by molar-refractivity contribution is -0.0823. The minimum Gasteiger partial charge on any atom is -0.493 e. The summed E-state index contributed by atoms with van der Waals surface area (Å²) in [7, 11) is 0.114. The van der Waals surface area contributed by atoms with Crippen LogP contribution >= 0.6 is 0 Å². The predicted molar refractivity (Wildman–Crippen MR) is 261 cm³/mol. The van der Waals surface area contributed by atoms with E-state index in [0.29, 0.717) is 48.7 Å². The Morgan fingerprint density at radius 1 is 0.662 bits per heavy atom. The molecule has 5 aromatic rings. The molecule has 1 heterocycles. The first-order valence-electron chi connectivity index (χ1n) is 22.8. The molecule has 1 aliphatic carbocycles. The highest BCUT2D eigenvalue weighted by molar-refractivity contribution is 6.61. The van der Waals surface area contributed by atoms with Gasteiger partial charge in [-0.25, -0.2) is 4.39 Å². The van der Waals surface area contributed by atoms with Crippen LogP contribution in [-0.4, -0.2) is 58.6 Å². The molecule has 348 valence electrons. The third-order valence-electron chi connectivity index (χ3n) is 11.9. The van der Waals surface area contributed by atoms with Crippen LogP contribution < -0.4 is 18.9 Å². The first kappa shape index (κ1) is 48.2. The summed E-state index contributed by atoms with van der Waals surface area (Å²) in [5, 5.41) is 1.89. The molecule has 0 bridgehead atoms. The van der Waals surface area contributed by atoms with Crippen LogP contribution in [0.2, 0.25) is 6.04 Å². The Labute approximate surface area is 387 Å². The Hall–Kier alpha value is -4.71. The number of benzene rings is 5. The van der Waals surface area contributed by atoms with Crippen LogP contribution in [0.25, 0.3) is 28.0 Å². The molecule has 0 saturated carbocycles. The van der Waals surface area contributed by atoms with Gasteiger partial charge in [-0.2, -0.15) is 0 Å². The SMILES string of the molecule is COc1cc2c3c(c4c(c2cc1OC)-c1ccccc1C4(C)C)C=CC(c1ccc(F)cc1)(c1ccc(OCCOC(C)(C)CC[Si](OC(C)(C)C)(OC(C)(C)C)OC(C)(C)C)cc1)O3. The fourth-order valence-electron chi connectivity index (χ4n) is 9.37. The number of hydrogen-bond donors (Lipinski definition) is 0. The monoisotopic (exact) mass is 904 g/mol. The zero-order chi connectivity index (χ0) is 47.4. The molecular formula is C55H69FO8Si. The molecule has 0 aromatic heterocycles. The standard InChI is InChI=1S/C55H69FO8Si/c1-50(2,3)62-65(63-51(4,5)6,64-52(7,8)9)33-30-53(10,11)60-32-31-59-39-26-22-37(23-27-39)55(36-20-24-38(56)25-21-36)29-28-41-48-47(40-18-16-17-19-44(40)54(48,12)13)42-34-45(57-14)46(58-15)35-43(42)49(41)61-55/h16-29,34-35H,30-33H2,1-15H3. The van der Waals surface area contributed by atoms with E-state index in [0.717, 1.165) is 33.0 Å². The van der Waals surface area contributed by atoms with Gasteiger partial charge in [0.2, 0.25) is 0 Å². The third kappa shape index (κ3) is 10.2. The van der Waals surface area contributed by atoms with Crippen LogP contribution in [0, 0.1) is 5.82 Å². The average Bonchev–Trinajstić information content (AvgIpc) is 3.46. The second kappa shape index (κ2) is 17.5. The summed E-state index contributed by atoms with van der Waals surface area (Å²) < 4.78 is 66.6. The van der Waals surface area contributed by atoms with E-state index in [1.165, 1.54) is 28.8 Å². The maximum Gasteiger partial charge on any atom is 0.502 e. The molecule has 1 atom stereocenters. The van der Waals surface area contributed by atoms with E-state index in [1.54, 1.807) is 26.4 Å². The van der Waals surface area contributed by atoms with Crippen molar-refractivity contribution in [1.82, 2.24) is 0 Å². The van der Waals surface area contributed by atoms with Crippen molar-refractivity contribution in [1.29, 1.82) is 0 Å². The molecule has 0 N–H and O–H groups in total. The van der Waals surface area contributed by atoms with Gasteiger partial charge in [-0.05, 0) is 153 Å². The van der Waals surface area contributed by atoms with Crippen molar-refractivity contribution < 1.29 is 41.4 Å². The Morgan fingerprint density at radius 2 is 1.20 bits per heavy atom. The molecule has 7 rings (SSSR count). The third-order valence-corrected chi connectivity index (χ3v) is 15.5. The van der Waals surface area contributed by atoms with Gasteiger partial charge in [-0.3, -0.25) is 0 Å². The van der Waals surface area contributed by atoms with E-state index in [2.05, 4.69) is 70.2 Å². The molecule has 0 fully saturated rings. The van der Waals surface area contributed by atoms with Crippen LogP contribution in [-0.2, 0) is 29.0 Å². The van der Waals surface area contributed by atoms with Crippen molar-refractivity contribution in [2.45, 2.75) is 136 Å². The summed E-state index contributed by atoms with van der Waals surface area (Å²) in [6.07, 6.45) is 4.95. The van der Waals surface area contributed by atoms with Gasteiger partial charge in [-0.1, -0.05) is 68.5 Å². The van der Waals surface area contributed by atoms with Crippen LogP contribution in [0.3, 0.4) is 0 Å². The molecule has 65 heavy (non-hydrogen) atoms. The van der Waals surface area contributed by atoms with E-state index in [-0.39, 0.29) is 11.2 Å². The number of fused-ring (bicyclic) bond motifs is 8.